The fourth-order valence-corrected chi connectivity index (χ4v) is 3.79. The first-order valence-corrected chi connectivity index (χ1v) is 9.72. The van der Waals surface area contributed by atoms with E-state index in [0.29, 0.717) is 13.0 Å². The van der Waals surface area contributed by atoms with Crippen LogP contribution in [0, 0.1) is 5.82 Å². The first kappa shape index (κ1) is 19.6. The Labute approximate surface area is 153 Å². The molecule has 136 valence electrons. The van der Waals surface area contributed by atoms with Crippen molar-refractivity contribution in [2.75, 3.05) is 19.6 Å². The Morgan fingerprint density at radius 3 is 2.44 bits per heavy atom. The van der Waals surface area contributed by atoms with Crippen LogP contribution in [-0.2, 0) is 11.2 Å². The monoisotopic (exact) mass is 362 g/mol. The van der Waals surface area contributed by atoms with Gasteiger partial charge >= 0.3 is 0 Å². The van der Waals surface area contributed by atoms with E-state index in [9.17, 15) is 9.18 Å². The number of benzene rings is 1. The van der Waals surface area contributed by atoms with Gasteiger partial charge in [-0.15, -0.1) is 11.3 Å². The summed E-state index contributed by atoms with van der Waals surface area (Å²) in [4.78, 5) is 16.3. The second kappa shape index (κ2) is 9.68. The average molecular weight is 363 g/mol. The quantitative estimate of drug-likeness (QED) is 0.730. The number of thiophene rings is 1. The van der Waals surface area contributed by atoms with Crippen LogP contribution in [0.1, 0.15) is 37.1 Å². The number of rotatable bonds is 9. The highest BCUT2D eigenvalue weighted by Gasteiger charge is 2.22. The summed E-state index contributed by atoms with van der Waals surface area (Å²) in [5.74, 6) is -0.587. The number of nitrogens with one attached hydrogen (secondary N) is 1. The molecule has 1 heterocycles. The number of likely N-dealkylation sites (N-methyl/N-ethyl adjacent to an activating group) is 1. The minimum atomic E-state index is -0.303. The molecule has 2 rings (SSSR count). The van der Waals surface area contributed by atoms with E-state index >= 15 is 0 Å². The molecule has 1 amide bonds. The average Bonchev–Trinajstić information content (AvgIpc) is 3.13. The molecule has 0 fully saturated rings. The fourth-order valence-electron chi connectivity index (χ4n) is 3.03. The number of hydrogen-bond donors (Lipinski definition) is 1. The Morgan fingerprint density at radius 1 is 1.20 bits per heavy atom. The van der Waals surface area contributed by atoms with Crippen LogP contribution in [0.15, 0.2) is 41.8 Å². The Hall–Kier alpha value is -1.72. The van der Waals surface area contributed by atoms with Gasteiger partial charge in [0, 0.05) is 17.5 Å². The van der Waals surface area contributed by atoms with Crippen molar-refractivity contribution in [3.8, 4) is 0 Å². The van der Waals surface area contributed by atoms with Crippen molar-refractivity contribution < 1.29 is 9.18 Å². The van der Waals surface area contributed by atoms with Crippen LogP contribution in [0.4, 0.5) is 4.39 Å². The van der Waals surface area contributed by atoms with E-state index in [1.165, 1.54) is 12.1 Å². The molecule has 2 atom stereocenters. The van der Waals surface area contributed by atoms with Gasteiger partial charge in [0.25, 0.3) is 0 Å². The number of nitrogens with zero attached hydrogens (tertiary/aromatic N) is 1. The third-order valence-corrected chi connectivity index (χ3v) is 5.48. The predicted octanol–water partition coefficient (Wildman–Crippen LogP) is 4.06. The van der Waals surface area contributed by atoms with E-state index in [0.717, 1.165) is 23.5 Å². The van der Waals surface area contributed by atoms with Gasteiger partial charge < -0.3 is 5.32 Å². The molecule has 1 aromatic carbocycles. The van der Waals surface area contributed by atoms with E-state index < -0.39 is 0 Å². The lowest BCUT2D eigenvalue weighted by molar-refractivity contribution is -0.122. The molecule has 0 spiro atoms. The minimum absolute atomic E-state index is 0.000913. The number of amides is 1. The Morgan fingerprint density at radius 2 is 1.88 bits per heavy atom. The standard InChI is InChI=1S/C20H27FN2OS/c1-4-23(5-2)15(3)14-22-20(24)19(13-18-7-6-12-25-18)16-8-10-17(21)11-9-16/h6-12,15,19H,4-5,13-14H2,1-3H3,(H,22,24). The van der Waals surface area contributed by atoms with Crippen LogP contribution < -0.4 is 5.32 Å². The third-order valence-electron chi connectivity index (χ3n) is 4.58. The first-order valence-electron chi connectivity index (χ1n) is 8.84. The molecular weight excluding hydrogens is 335 g/mol. The topological polar surface area (TPSA) is 32.3 Å². The zero-order valence-corrected chi connectivity index (χ0v) is 16.0. The normalized spacial score (nSPS) is 13.6. The van der Waals surface area contributed by atoms with Gasteiger partial charge in [-0.3, -0.25) is 9.69 Å². The second-order valence-electron chi connectivity index (χ2n) is 6.20. The Kier molecular flexibility index (Phi) is 7.59. The molecular formula is C20H27FN2OS. The van der Waals surface area contributed by atoms with E-state index in [2.05, 4.69) is 31.0 Å². The molecule has 0 saturated heterocycles. The van der Waals surface area contributed by atoms with Crippen LogP contribution in [0.25, 0.3) is 0 Å². The zero-order valence-electron chi connectivity index (χ0n) is 15.2. The SMILES string of the molecule is CCN(CC)C(C)CNC(=O)C(Cc1cccs1)c1ccc(F)cc1. The summed E-state index contributed by atoms with van der Waals surface area (Å²) < 4.78 is 13.2. The highest BCUT2D eigenvalue weighted by atomic mass is 32.1. The maximum atomic E-state index is 13.2. The lowest BCUT2D eigenvalue weighted by Crippen LogP contribution is -2.43. The van der Waals surface area contributed by atoms with Gasteiger partial charge in [0.1, 0.15) is 5.82 Å². The summed E-state index contributed by atoms with van der Waals surface area (Å²) in [6.07, 6.45) is 0.634. The summed E-state index contributed by atoms with van der Waals surface area (Å²) in [6.45, 7) is 8.91. The van der Waals surface area contributed by atoms with Gasteiger partial charge in [-0.25, -0.2) is 4.39 Å². The molecule has 25 heavy (non-hydrogen) atoms. The Bertz CT molecular complexity index is 638. The number of carbonyl (C=O) groups excluding carboxylic acids is 1. The van der Waals surface area contributed by atoms with Crippen LogP contribution in [0.5, 0.6) is 0 Å². The summed E-state index contributed by atoms with van der Waals surface area (Å²) in [5.41, 5.74) is 0.850. The van der Waals surface area contributed by atoms with Crippen molar-refractivity contribution in [2.45, 2.75) is 39.2 Å². The van der Waals surface area contributed by atoms with Crippen molar-refractivity contribution >= 4 is 17.2 Å². The molecule has 0 aliphatic carbocycles. The maximum Gasteiger partial charge on any atom is 0.227 e. The molecule has 2 aromatic rings. The summed E-state index contributed by atoms with van der Waals surface area (Å²) in [7, 11) is 0. The largest absolute Gasteiger partial charge is 0.354 e. The summed E-state index contributed by atoms with van der Waals surface area (Å²) in [5, 5.41) is 5.10. The van der Waals surface area contributed by atoms with Crippen molar-refractivity contribution in [1.29, 1.82) is 0 Å². The van der Waals surface area contributed by atoms with Crippen molar-refractivity contribution in [3.63, 3.8) is 0 Å². The van der Waals surface area contributed by atoms with Crippen LogP contribution in [0.3, 0.4) is 0 Å². The van der Waals surface area contributed by atoms with E-state index in [1.54, 1.807) is 23.5 Å². The molecule has 5 heteroatoms. The van der Waals surface area contributed by atoms with Crippen LogP contribution in [0.2, 0.25) is 0 Å². The highest BCUT2D eigenvalue weighted by Crippen LogP contribution is 2.24. The smallest absolute Gasteiger partial charge is 0.227 e. The molecule has 0 bridgehead atoms. The van der Waals surface area contributed by atoms with Gasteiger partial charge in [0.2, 0.25) is 5.91 Å². The fraction of sp³-hybridized carbons (Fsp3) is 0.450. The van der Waals surface area contributed by atoms with Crippen molar-refractivity contribution in [1.82, 2.24) is 10.2 Å². The van der Waals surface area contributed by atoms with Crippen molar-refractivity contribution in [2.24, 2.45) is 0 Å². The minimum Gasteiger partial charge on any atom is -0.354 e. The first-order chi connectivity index (χ1) is 12.0. The third kappa shape index (κ3) is 5.65. The summed E-state index contributed by atoms with van der Waals surface area (Å²) in [6, 6.07) is 10.6. The van der Waals surface area contributed by atoms with E-state index in [1.807, 2.05) is 17.5 Å². The van der Waals surface area contributed by atoms with Gasteiger partial charge in [0.15, 0.2) is 0 Å². The highest BCUT2D eigenvalue weighted by molar-refractivity contribution is 7.09. The molecule has 0 aliphatic rings. The molecule has 0 radical (unpaired) electrons. The molecule has 1 aromatic heterocycles. The molecule has 0 saturated carbocycles. The molecule has 0 aliphatic heterocycles. The number of halogens is 1. The van der Waals surface area contributed by atoms with Crippen molar-refractivity contribution in [3.05, 3.63) is 58.0 Å². The van der Waals surface area contributed by atoms with Gasteiger partial charge in [0.05, 0.1) is 5.92 Å². The second-order valence-corrected chi connectivity index (χ2v) is 7.24. The number of hydrogen-bond acceptors (Lipinski definition) is 3. The van der Waals surface area contributed by atoms with Gasteiger partial charge in [-0.2, -0.15) is 0 Å². The van der Waals surface area contributed by atoms with E-state index in [-0.39, 0.29) is 23.7 Å². The maximum absolute atomic E-state index is 13.2. The number of carbonyl (C=O) groups is 1. The molecule has 3 nitrogen and oxygen atoms in total. The Balaban J connectivity index is 2.08. The molecule has 1 N–H and O–H groups in total. The van der Waals surface area contributed by atoms with Gasteiger partial charge in [-0.05, 0) is 55.6 Å². The summed E-state index contributed by atoms with van der Waals surface area (Å²) >= 11 is 1.64. The van der Waals surface area contributed by atoms with Gasteiger partial charge in [-0.1, -0.05) is 32.0 Å². The lowest BCUT2D eigenvalue weighted by Gasteiger charge is -2.27. The predicted molar refractivity (Wildman–Crippen MR) is 103 cm³/mol. The van der Waals surface area contributed by atoms with E-state index in [4.69, 9.17) is 0 Å². The van der Waals surface area contributed by atoms with Crippen LogP contribution >= 0.6 is 11.3 Å². The van der Waals surface area contributed by atoms with Crippen LogP contribution in [-0.4, -0.2) is 36.5 Å². The zero-order chi connectivity index (χ0) is 18.2. The molecule has 2 unspecified atom stereocenters. The lowest BCUT2D eigenvalue weighted by atomic mass is 9.94.